The molecule has 0 saturated carbocycles. The molecule has 0 fully saturated rings. The summed E-state index contributed by atoms with van der Waals surface area (Å²) in [6, 6.07) is 14.3. The van der Waals surface area contributed by atoms with Crippen LogP contribution in [0.4, 0.5) is 0 Å². The topological polar surface area (TPSA) is 110 Å². The standard InChI is InChI=1S/C27H24Cl3N5O3S/c1-2-4-20(36)14-31-13-17-5-3-10-32-26(17)39-25(16-6-8-18(28)9-7-16)24-21(29)11-19(12-22(24)30)35-27(38)34-23(37)15-33-35/h3,5-12,15,25,31H,2,4,13-14H2,1H3,(H,34,37,38). The minimum absolute atomic E-state index is 0.157. The molecule has 2 aromatic carbocycles. The first-order chi connectivity index (χ1) is 18.8. The van der Waals surface area contributed by atoms with E-state index in [1.165, 1.54) is 11.8 Å². The second-order valence-corrected chi connectivity index (χ2v) is 10.9. The van der Waals surface area contributed by atoms with E-state index in [-0.39, 0.29) is 12.3 Å². The van der Waals surface area contributed by atoms with Crippen LogP contribution in [-0.2, 0) is 11.3 Å². The number of rotatable bonds is 11. The molecule has 12 heteroatoms. The Kier molecular flexibility index (Phi) is 9.99. The molecule has 1 atom stereocenters. The van der Waals surface area contributed by atoms with Crippen LogP contribution in [-0.4, -0.2) is 32.1 Å². The lowest BCUT2D eigenvalue weighted by molar-refractivity contribution is -0.118. The molecule has 39 heavy (non-hydrogen) atoms. The van der Waals surface area contributed by atoms with Crippen LogP contribution in [0, 0.1) is 0 Å². The molecule has 0 bridgehead atoms. The third-order valence-electron chi connectivity index (χ3n) is 5.70. The number of hydrogen-bond acceptors (Lipinski definition) is 7. The number of pyridine rings is 1. The fraction of sp³-hybridized carbons (Fsp3) is 0.222. The van der Waals surface area contributed by atoms with E-state index in [0.29, 0.717) is 39.3 Å². The van der Waals surface area contributed by atoms with Gasteiger partial charge in [0.05, 0.1) is 17.5 Å². The first-order valence-electron chi connectivity index (χ1n) is 12.0. The maximum atomic E-state index is 12.3. The highest BCUT2D eigenvalue weighted by molar-refractivity contribution is 7.99. The number of aromatic nitrogens is 4. The Morgan fingerprint density at radius 1 is 1.10 bits per heavy atom. The van der Waals surface area contributed by atoms with Crippen LogP contribution in [0.3, 0.4) is 0 Å². The van der Waals surface area contributed by atoms with Crippen molar-refractivity contribution in [2.24, 2.45) is 0 Å². The average Bonchev–Trinajstić information content (AvgIpc) is 2.89. The molecular formula is C27H24Cl3N5O3S. The first-order valence-corrected chi connectivity index (χ1v) is 14.0. The second kappa shape index (κ2) is 13.4. The number of nitrogens with zero attached hydrogens (tertiary/aromatic N) is 3. The zero-order valence-corrected chi connectivity index (χ0v) is 23.9. The fourth-order valence-corrected chi connectivity index (χ4v) is 6.14. The summed E-state index contributed by atoms with van der Waals surface area (Å²) in [5.41, 5.74) is 1.37. The smallest absolute Gasteiger partial charge is 0.306 e. The zero-order valence-electron chi connectivity index (χ0n) is 20.8. The van der Waals surface area contributed by atoms with Crippen molar-refractivity contribution in [2.45, 2.75) is 36.6 Å². The Hall–Kier alpha value is -2.95. The molecule has 2 heterocycles. The van der Waals surface area contributed by atoms with E-state index in [1.807, 2.05) is 31.2 Å². The SMILES string of the molecule is CCCC(=O)CNCc1cccnc1SC(c1ccc(Cl)cc1)c1c(Cl)cc(-n2ncc(=O)[nH]c2=O)cc1Cl. The molecular weight excluding hydrogens is 581 g/mol. The van der Waals surface area contributed by atoms with Gasteiger partial charge in [-0.1, -0.05) is 71.7 Å². The summed E-state index contributed by atoms with van der Waals surface area (Å²) in [6.07, 6.45) is 4.04. The molecule has 202 valence electrons. The van der Waals surface area contributed by atoms with Crippen molar-refractivity contribution in [2.75, 3.05) is 6.54 Å². The minimum Gasteiger partial charge on any atom is -0.306 e. The van der Waals surface area contributed by atoms with Gasteiger partial charge in [0, 0.05) is 39.8 Å². The van der Waals surface area contributed by atoms with Crippen LogP contribution >= 0.6 is 46.6 Å². The van der Waals surface area contributed by atoms with Crippen LogP contribution in [0.2, 0.25) is 15.1 Å². The van der Waals surface area contributed by atoms with E-state index < -0.39 is 16.5 Å². The van der Waals surface area contributed by atoms with E-state index in [0.717, 1.165) is 33.5 Å². The van der Waals surface area contributed by atoms with Crippen molar-refractivity contribution in [3.05, 3.63) is 114 Å². The Bertz CT molecular complexity index is 1570. The summed E-state index contributed by atoms with van der Waals surface area (Å²) in [6.45, 7) is 2.72. The molecule has 2 N–H and O–H groups in total. The Labute approximate surface area is 243 Å². The number of halogens is 3. The number of aromatic amines is 1. The van der Waals surface area contributed by atoms with Gasteiger partial charge < -0.3 is 5.32 Å². The second-order valence-electron chi connectivity index (χ2n) is 8.58. The van der Waals surface area contributed by atoms with Gasteiger partial charge in [-0.05, 0) is 47.9 Å². The predicted molar refractivity (Wildman–Crippen MR) is 155 cm³/mol. The van der Waals surface area contributed by atoms with E-state index in [1.54, 1.807) is 30.5 Å². The molecule has 0 aliphatic rings. The highest BCUT2D eigenvalue weighted by atomic mass is 35.5. The van der Waals surface area contributed by atoms with Crippen LogP contribution in [0.5, 0.6) is 0 Å². The number of ketones is 1. The van der Waals surface area contributed by atoms with Crippen molar-refractivity contribution in [3.63, 3.8) is 0 Å². The number of thioether (sulfide) groups is 1. The summed E-state index contributed by atoms with van der Waals surface area (Å²) in [7, 11) is 0. The molecule has 2 aromatic heterocycles. The Balaban J connectivity index is 1.72. The van der Waals surface area contributed by atoms with E-state index in [9.17, 15) is 14.4 Å². The van der Waals surface area contributed by atoms with Crippen molar-refractivity contribution in [1.29, 1.82) is 0 Å². The van der Waals surface area contributed by atoms with E-state index in [2.05, 4.69) is 20.4 Å². The highest BCUT2D eigenvalue weighted by Crippen LogP contribution is 2.46. The average molecular weight is 605 g/mol. The number of nitrogens with one attached hydrogen (secondary N) is 2. The number of hydrogen-bond donors (Lipinski definition) is 2. The molecule has 0 saturated heterocycles. The van der Waals surface area contributed by atoms with Gasteiger partial charge >= 0.3 is 5.69 Å². The van der Waals surface area contributed by atoms with Gasteiger partial charge in [0.1, 0.15) is 17.0 Å². The summed E-state index contributed by atoms with van der Waals surface area (Å²) >= 11 is 21.2. The van der Waals surface area contributed by atoms with Gasteiger partial charge in [-0.2, -0.15) is 9.78 Å². The normalized spacial score (nSPS) is 11.9. The van der Waals surface area contributed by atoms with Crippen LogP contribution in [0.1, 0.15) is 41.7 Å². The summed E-state index contributed by atoms with van der Waals surface area (Å²) in [5.74, 6) is 0.157. The third kappa shape index (κ3) is 7.38. The zero-order chi connectivity index (χ0) is 27.9. The largest absolute Gasteiger partial charge is 0.349 e. The number of H-pyrrole nitrogens is 1. The molecule has 4 aromatic rings. The van der Waals surface area contributed by atoms with Crippen LogP contribution in [0.25, 0.3) is 5.69 Å². The lowest BCUT2D eigenvalue weighted by atomic mass is 10.0. The van der Waals surface area contributed by atoms with Crippen molar-refractivity contribution < 1.29 is 4.79 Å². The van der Waals surface area contributed by atoms with Gasteiger partial charge in [-0.25, -0.2) is 9.78 Å². The van der Waals surface area contributed by atoms with Gasteiger partial charge in [-0.3, -0.25) is 14.6 Å². The molecule has 0 radical (unpaired) electrons. The van der Waals surface area contributed by atoms with Crippen LogP contribution in [0.15, 0.2) is 75.5 Å². The van der Waals surface area contributed by atoms with Crippen molar-refractivity contribution in [1.82, 2.24) is 25.1 Å². The number of benzene rings is 2. The van der Waals surface area contributed by atoms with Crippen molar-refractivity contribution in [3.8, 4) is 5.69 Å². The fourth-order valence-electron chi connectivity index (χ4n) is 3.89. The van der Waals surface area contributed by atoms with Gasteiger partial charge in [0.2, 0.25) is 0 Å². The predicted octanol–water partition coefficient (Wildman–Crippen LogP) is 5.62. The number of carbonyl (C=O) groups excluding carboxylic acids is 1. The summed E-state index contributed by atoms with van der Waals surface area (Å²) in [5, 5.41) is 8.61. The maximum Gasteiger partial charge on any atom is 0.349 e. The Morgan fingerprint density at radius 2 is 1.82 bits per heavy atom. The quantitative estimate of drug-likeness (QED) is 0.214. The Morgan fingerprint density at radius 3 is 2.49 bits per heavy atom. The molecule has 0 spiro atoms. The number of Topliss-reactive ketones (excluding diaryl/α,β-unsaturated/α-hetero) is 1. The summed E-state index contributed by atoms with van der Waals surface area (Å²) < 4.78 is 1.01. The first kappa shape index (κ1) is 29.0. The lowest BCUT2D eigenvalue weighted by Gasteiger charge is -2.22. The van der Waals surface area contributed by atoms with E-state index in [4.69, 9.17) is 34.8 Å². The van der Waals surface area contributed by atoms with Gasteiger partial charge in [0.25, 0.3) is 5.56 Å². The molecule has 8 nitrogen and oxygen atoms in total. The molecule has 4 rings (SSSR count). The van der Waals surface area contributed by atoms with Crippen molar-refractivity contribution >= 4 is 52.3 Å². The van der Waals surface area contributed by atoms with E-state index >= 15 is 0 Å². The molecule has 0 aliphatic heterocycles. The lowest BCUT2D eigenvalue weighted by Crippen LogP contribution is -2.30. The molecule has 0 amide bonds. The molecule has 1 unspecified atom stereocenters. The maximum absolute atomic E-state index is 12.3. The van der Waals surface area contributed by atoms with Gasteiger partial charge in [0.15, 0.2) is 0 Å². The third-order valence-corrected chi connectivity index (χ3v) is 7.91. The number of carbonyl (C=O) groups is 1. The minimum atomic E-state index is -0.714. The van der Waals surface area contributed by atoms with Crippen LogP contribution < -0.4 is 16.6 Å². The molecule has 0 aliphatic carbocycles. The highest BCUT2D eigenvalue weighted by Gasteiger charge is 2.25. The van der Waals surface area contributed by atoms with Gasteiger partial charge in [-0.15, -0.1) is 0 Å². The summed E-state index contributed by atoms with van der Waals surface area (Å²) in [4.78, 5) is 42.5. The monoisotopic (exact) mass is 603 g/mol.